The highest BCUT2D eigenvalue weighted by Crippen LogP contribution is 2.27. The topological polar surface area (TPSA) is 93.5 Å². The molecule has 1 N–H and O–H groups in total. The van der Waals surface area contributed by atoms with Gasteiger partial charge in [-0.1, -0.05) is 0 Å². The maximum Gasteiger partial charge on any atom is 0.252 e. The van der Waals surface area contributed by atoms with Gasteiger partial charge in [-0.05, 0) is 55.3 Å². The molecule has 2 aromatic heterocycles. The summed E-state index contributed by atoms with van der Waals surface area (Å²) in [6.45, 7) is 1.44. The van der Waals surface area contributed by atoms with E-state index in [0.717, 1.165) is 46.2 Å². The summed E-state index contributed by atoms with van der Waals surface area (Å²) in [6.07, 6.45) is 3.76. The summed E-state index contributed by atoms with van der Waals surface area (Å²) in [5.74, 6) is 0.597. The summed E-state index contributed by atoms with van der Waals surface area (Å²) in [5, 5.41) is 7.32. The fraction of sp³-hybridized carbons (Fsp3) is 0.333. The molecule has 164 valence electrons. The predicted octanol–water partition coefficient (Wildman–Crippen LogP) is 2.59. The van der Waals surface area contributed by atoms with Crippen LogP contribution in [0.15, 0.2) is 52.9 Å². The van der Waals surface area contributed by atoms with Crippen molar-refractivity contribution < 1.29 is 17.9 Å². The van der Waals surface area contributed by atoms with Crippen LogP contribution in [0.4, 0.5) is 0 Å². The number of carbonyl (C=O) groups excluding carboxylic acids is 1. The Kier molecular flexibility index (Phi) is 6.40. The Labute approximate surface area is 185 Å². The zero-order valence-corrected chi connectivity index (χ0v) is 18.8. The summed E-state index contributed by atoms with van der Waals surface area (Å²) in [7, 11) is -1.82. The quantitative estimate of drug-likeness (QED) is 0.558. The number of nitrogens with one attached hydrogen (secondary N) is 1. The van der Waals surface area contributed by atoms with Gasteiger partial charge in [0.2, 0.25) is 5.91 Å². The van der Waals surface area contributed by atoms with Crippen molar-refractivity contribution >= 4 is 27.3 Å². The zero-order chi connectivity index (χ0) is 21.8. The third kappa shape index (κ3) is 4.97. The number of amides is 1. The molecule has 0 unspecified atom stereocenters. The lowest BCUT2D eigenvalue weighted by molar-refractivity contribution is -0.120. The predicted molar refractivity (Wildman–Crippen MR) is 118 cm³/mol. The molecule has 1 saturated heterocycles. The minimum absolute atomic E-state index is 0.138. The van der Waals surface area contributed by atoms with Crippen LogP contribution < -0.4 is 10.1 Å². The molecule has 0 aliphatic carbocycles. The van der Waals surface area contributed by atoms with Gasteiger partial charge in [0.1, 0.15) is 9.96 Å². The minimum atomic E-state index is -3.44. The minimum Gasteiger partial charge on any atom is -0.497 e. The fourth-order valence-corrected chi connectivity index (χ4v) is 6.42. The number of carbonyl (C=O) groups is 1. The average Bonchev–Trinajstić information content (AvgIpc) is 3.54. The van der Waals surface area contributed by atoms with Gasteiger partial charge < -0.3 is 10.1 Å². The van der Waals surface area contributed by atoms with Crippen LogP contribution in [0.25, 0.3) is 5.69 Å². The maximum atomic E-state index is 12.6. The molecule has 0 spiro atoms. The van der Waals surface area contributed by atoms with E-state index in [0.29, 0.717) is 23.8 Å². The summed E-state index contributed by atoms with van der Waals surface area (Å²) in [5.41, 5.74) is 1.62. The Morgan fingerprint density at radius 3 is 2.58 bits per heavy atom. The van der Waals surface area contributed by atoms with Gasteiger partial charge in [0.25, 0.3) is 10.0 Å². The highest BCUT2D eigenvalue weighted by Gasteiger charge is 2.28. The van der Waals surface area contributed by atoms with E-state index in [2.05, 4.69) is 10.4 Å². The molecule has 0 saturated carbocycles. The van der Waals surface area contributed by atoms with Gasteiger partial charge in [-0.2, -0.15) is 9.40 Å². The SMILES string of the molecule is COc1ccc(-n2ccc(CNC(=O)Cc3ccc(S(=O)(=O)N4CCCC4)s3)n2)cc1. The number of rotatable bonds is 8. The van der Waals surface area contributed by atoms with Crippen LogP contribution in [0.3, 0.4) is 0 Å². The molecule has 0 atom stereocenters. The van der Waals surface area contributed by atoms with Crippen LogP contribution in [0.1, 0.15) is 23.4 Å². The van der Waals surface area contributed by atoms with Crippen LogP contribution in [0, 0.1) is 0 Å². The number of ether oxygens (including phenoxy) is 1. The highest BCUT2D eigenvalue weighted by molar-refractivity contribution is 7.91. The van der Waals surface area contributed by atoms with Gasteiger partial charge in [-0.3, -0.25) is 4.79 Å². The van der Waals surface area contributed by atoms with E-state index in [9.17, 15) is 13.2 Å². The molecule has 1 amide bonds. The third-order valence-corrected chi connectivity index (χ3v) is 8.53. The van der Waals surface area contributed by atoms with E-state index in [1.54, 1.807) is 23.9 Å². The Hall–Kier alpha value is -2.69. The second-order valence-corrected chi connectivity index (χ2v) is 10.6. The number of nitrogens with zero attached hydrogens (tertiary/aromatic N) is 3. The second kappa shape index (κ2) is 9.21. The van der Waals surface area contributed by atoms with Gasteiger partial charge in [-0.15, -0.1) is 11.3 Å². The molecule has 1 aromatic carbocycles. The molecule has 3 heterocycles. The first-order chi connectivity index (χ1) is 15.0. The van der Waals surface area contributed by atoms with E-state index in [1.165, 1.54) is 4.31 Å². The van der Waals surface area contributed by atoms with Crippen LogP contribution in [-0.2, 0) is 27.8 Å². The normalized spacial score (nSPS) is 14.6. The lowest BCUT2D eigenvalue weighted by Gasteiger charge is -2.13. The van der Waals surface area contributed by atoms with E-state index in [-0.39, 0.29) is 12.3 Å². The number of hydrogen-bond acceptors (Lipinski definition) is 6. The zero-order valence-electron chi connectivity index (χ0n) is 17.2. The maximum absolute atomic E-state index is 12.6. The number of thiophene rings is 1. The molecular formula is C21H24N4O4S2. The molecule has 0 radical (unpaired) electrons. The summed E-state index contributed by atoms with van der Waals surface area (Å²) in [6, 6.07) is 12.7. The number of methoxy groups -OCH3 is 1. The largest absolute Gasteiger partial charge is 0.497 e. The third-order valence-electron chi connectivity index (χ3n) is 5.08. The number of sulfonamides is 1. The molecule has 0 bridgehead atoms. The lowest BCUT2D eigenvalue weighted by atomic mass is 10.3. The first-order valence-corrected chi connectivity index (χ1v) is 12.3. The van der Waals surface area contributed by atoms with E-state index >= 15 is 0 Å². The van der Waals surface area contributed by atoms with Crippen molar-refractivity contribution in [2.45, 2.75) is 30.0 Å². The first kappa shape index (κ1) is 21.5. The molecule has 4 rings (SSSR count). The highest BCUT2D eigenvalue weighted by atomic mass is 32.2. The van der Waals surface area contributed by atoms with Crippen molar-refractivity contribution in [2.75, 3.05) is 20.2 Å². The molecule has 3 aromatic rings. The van der Waals surface area contributed by atoms with E-state index in [1.807, 2.05) is 36.5 Å². The van der Waals surface area contributed by atoms with Crippen molar-refractivity contribution in [2.24, 2.45) is 0 Å². The summed E-state index contributed by atoms with van der Waals surface area (Å²) >= 11 is 1.16. The monoisotopic (exact) mass is 460 g/mol. The van der Waals surface area contributed by atoms with Crippen molar-refractivity contribution in [3.8, 4) is 11.4 Å². The summed E-state index contributed by atoms with van der Waals surface area (Å²) in [4.78, 5) is 13.1. The molecule has 31 heavy (non-hydrogen) atoms. The van der Waals surface area contributed by atoms with Gasteiger partial charge >= 0.3 is 0 Å². The lowest BCUT2D eigenvalue weighted by Crippen LogP contribution is -2.27. The van der Waals surface area contributed by atoms with Gasteiger partial charge in [0.05, 0.1) is 31.5 Å². The van der Waals surface area contributed by atoms with Crippen molar-refractivity contribution in [3.05, 3.63) is 59.2 Å². The van der Waals surface area contributed by atoms with Crippen molar-refractivity contribution in [1.29, 1.82) is 0 Å². The molecule has 1 fully saturated rings. The number of benzene rings is 1. The van der Waals surface area contributed by atoms with Gasteiger partial charge in [-0.25, -0.2) is 13.1 Å². The molecule has 1 aliphatic rings. The molecular weight excluding hydrogens is 436 g/mol. The van der Waals surface area contributed by atoms with Gasteiger partial charge in [0, 0.05) is 24.2 Å². The van der Waals surface area contributed by atoms with Gasteiger partial charge in [0.15, 0.2) is 0 Å². The smallest absolute Gasteiger partial charge is 0.252 e. The van der Waals surface area contributed by atoms with Crippen LogP contribution >= 0.6 is 11.3 Å². The number of aromatic nitrogens is 2. The van der Waals surface area contributed by atoms with E-state index in [4.69, 9.17) is 4.74 Å². The Balaban J connectivity index is 1.32. The van der Waals surface area contributed by atoms with Crippen LogP contribution in [-0.4, -0.2) is 48.6 Å². The Morgan fingerprint density at radius 1 is 1.13 bits per heavy atom. The standard InChI is InChI=1S/C21H24N4O4S2/c1-29-18-6-4-17(5-7-18)25-13-10-16(23-25)15-22-20(26)14-19-8-9-21(30-19)31(27,28)24-11-2-3-12-24/h4-10,13H,2-3,11-12,14-15H2,1H3,(H,22,26). The average molecular weight is 461 g/mol. The van der Waals surface area contributed by atoms with Crippen molar-refractivity contribution in [3.63, 3.8) is 0 Å². The molecule has 1 aliphatic heterocycles. The van der Waals surface area contributed by atoms with Crippen LogP contribution in [0.2, 0.25) is 0 Å². The molecule has 8 nitrogen and oxygen atoms in total. The Morgan fingerprint density at radius 2 is 1.87 bits per heavy atom. The second-order valence-electron chi connectivity index (χ2n) is 7.24. The summed E-state index contributed by atoms with van der Waals surface area (Å²) < 4.78 is 33.9. The fourth-order valence-electron chi connectivity index (χ4n) is 3.39. The first-order valence-electron chi connectivity index (χ1n) is 10.0. The van der Waals surface area contributed by atoms with Crippen LogP contribution in [0.5, 0.6) is 5.75 Å². The Bertz CT molecular complexity index is 1150. The number of hydrogen-bond donors (Lipinski definition) is 1. The van der Waals surface area contributed by atoms with Crippen molar-refractivity contribution in [1.82, 2.24) is 19.4 Å². The van der Waals surface area contributed by atoms with E-state index < -0.39 is 10.0 Å². The molecule has 10 heteroatoms.